The van der Waals surface area contributed by atoms with Gasteiger partial charge in [0.25, 0.3) is 0 Å². The van der Waals surface area contributed by atoms with E-state index >= 15 is 0 Å². The molecule has 0 radical (unpaired) electrons. The normalized spacial score (nSPS) is 12.2. The van der Waals surface area contributed by atoms with Gasteiger partial charge in [0.1, 0.15) is 0 Å². The summed E-state index contributed by atoms with van der Waals surface area (Å²) in [6.45, 7) is 3.60. The van der Waals surface area contributed by atoms with Crippen LogP contribution < -0.4 is 14.8 Å². The van der Waals surface area contributed by atoms with Gasteiger partial charge in [0.05, 0.1) is 14.2 Å². The first-order valence-corrected chi connectivity index (χ1v) is 6.73. The highest BCUT2D eigenvalue weighted by Gasteiger charge is 2.12. The lowest BCUT2D eigenvalue weighted by molar-refractivity contribution is 0.141. The van der Waals surface area contributed by atoms with Crippen LogP contribution >= 0.6 is 0 Å². The molecule has 0 aliphatic heterocycles. The smallest absolute Gasteiger partial charge is 0.161 e. The fraction of sp³-hybridized carbons (Fsp3) is 0.600. The van der Waals surface area contributed by atoms with Crippen molar-refractivity contribution in [1.29, 1.82) is 0 Å². The van der Waals surface area contributed by atoms with E-state index in [9.17, 15) is 0 Å². The lowest BCUT2D eigenvalue weighted by atomic mass is 10.0. The Balaban J connectivity index is 2.69. The van der Waals surface area contributed by atoms with E-state index in [1.807, 2.05) is 26.1 Å². The molecular formula is C15H25NO3. The number of nitrogens with one attached hydrogen (secondary N) is 1. The Morgan fingerprint density at radius 3 is 2.47 bits per heavy atom. The van der Waals surface area contributed by atoms with Crippen molar-refractivity contribution in [1.82, 2.24) is 5.32 Å². The van der Waals surface area contributed by atoms with Gasteiger partial charge < -0.3 is 19.5 Å². The third kappa shape index (κ3) is 4.73. The summed E-state index contributed by atoms with van der Waals surface area (Å²) in [5.74, 6) is 1.53. The molecule has 1 aromatic rings. The zero-order valence-electron chi connectivity index (χ0n) is 12.4. The van der Waals surface area contributed by atoms with Crippen LogP contribution in [0.5, 0.6) is 11.5 Å². The second kappa shape index (κ2) is 8.77. The lowest BCUT2D eigenvalue weighted by Crippen LogP contribution is -2.17. The van der Waals surface area contributed by atoms with E-state index in [0.717, 1.165) is 37.6 Å². The molecule has 1 atom stereocenters. The Kier molecular flexibility index (Phi) is 7.30. The Labute approximate surface area is 116 Å². The fourth-order valence-electron chi connectivity index (χ4n) is 2.08. The van der Waals surface area contributed by atoms with Gasteiger partial charge in [-0.3, -0.25) is 0 Å². The van der Waals surface area contributed by atoms with Crippen LogP contribution in [0.1, 0.15) is 31.4 Å². The van der Waals surface area contributed by atoms with Gasteiger partial charge in [-0.1, -0.05) is 6.07 Å². The van der Waals surface area contributed by atoms with Crippen LogP contribution in [0.25, 0.3) is 0 Å². The first-order valence-electron chi connectivity index (χ1n) is 6.73. The van der Waals surface area contributed by atoms with Gasteiger partial charge >= 0.3 is 0 Å². The van der Waals surface area contributed by atoms with Crippen LogP contribution in [-0.2, 0) is 4.74 Å². The summed E-state index contributed by atoms with van der Waals surface area (Å²) in [6, 6.07) is 6.35. The maximum absolute atomic E-state index is 5.37. The molecular weight excluding hydrogens is 242 g/mol. The molecule has 1 N–H and O–H groups in total. The van der Waals surface area contributed by atoms with Gasteiger partial charge in [-0.05, 0) is 44.5 Å². The van der Waals surface area contributed by atoms with Gasteiger partial charge in [-0.2, -0.15) is 0 Å². The third-order valence-electron chi connectivity index (χ3n) is 3.14. The molecule has 0 bridgehead atoms. The summed E-state index contributed by atoms with van der Waals surface area (Å²) in [5, 5.41) is 3.33. The van der Waals surface area contributed by atoms with E-state index in [2.05, 4.69) is 11.4 Å². The van der Waals surface area contributed by atoms with Crippen LogP contribution in [0.3, 0.4) is 0 Å². The maximum atomic E-state index is 5.37. The van der Waals surface area contributed by atoms with Gasteiger partial charge in [0, 0.05) is 19.3 Å². The summed E-state index contributed by atoms with van der Waals surface area (Å²) in [6.07, 6.45) is 2.07. The van der Waals surface area contributed by atoms with Crippen LogP contribution in [-0.4, -0.2) is 34.5 Å². The minimum atomic E-state index is 0.306. The first-order chi connectivity index (χ1) is 9.26. The van der Waals surface area contributed by atoms with Gasteiger partial charge in [-0.25, -0.2) is 0 Å². The molecule has 0 aromatic heterocycles. The predicted octanol–water partition coefficient (Wildman–Crippen LogP) is 2.78. The van der Waals surface area contributed by atoms with Crippen molar-refractivity contribution in [3.63, 3.8) is 0 Å². The number of methoxy groups -OCH3 is 2. The van der Waals surface area contributed by atoms with E-state index < -0.39 is 0 Å². The molecule has 0 fully saturated rings. The summed E-state index contributed by atoms with van der Waals surface area (Å²) in [5.41, 5.74) is 1.21. The summed E-state index contributed by atoms with van der Waals surface area (Å²) >= 11 is 0. The quantitative estimate of drug-likeness (QED) is 0.698. The van der Waals surface area contributed by atoms with Crippen molar-refractivity contribution in [2.24, 2.45) is 0 Å². The summed E-state index contributed by atoms with van der Waals surface area (Å²) in [7, 11) is 5.28. The molecule has 1 aromatic carbocycles. The number of ether oxygens (including phenoxy) is 3. The molecule has 4 heteroatoms. The molecule has 0 amide bonds. The fourth-order valence-corrected chi connectivity index (χ4v) is 2.08. The average Bonchev–Trinajstić information content (AvgIpc) is 2.46. The standard InChI is InChI=1S/C15H25NO3/c1-5-19-10-6-7-13(16-2)12-8-9-14(17-3)15(11-12)18-4/h8-9,11,13,16H,5-7,10H2,1-4H3. The highest BCUT2D eigenvalue weighted by Crippen LogP contribution is 2.31. The Hall–Kier alpha value is -1.26. The summed E-state index contributed by atoms with van der Waals surface area (Å²) in [4.78, 5) is 0. The third-order valence-corrected chi connectivity index (χ3v) is 3.14. The van der Waals surface area contributed by atoms with Crippen LogP contribution in [0.15, 0.2) is 18.2 Å². The SMILES string of the molecule is CCOCCCC(NC)c1ccc(OC)c(OC)c1. The molecule has 0 spiro atoms. The van der Waals surface area contributed by atoms with Gasteiger partial charge in [0.2, 0.25) is 0 Å². The molecule has 108 valence electrons. The molecule has 4 nitrogen and oxygen atoms in total. The van der Waals surface area contributed by atoms with Crippen molar-refractivity contribution in [2.45, 2.75) is 25.8 Å². The van der Waals surface area contributed by atoms with Crippen molar-refractivity contribution < 1.29 is 14.2 Å². The first kappa shape index (κ1) is 15.8. The van der Waals surface area contributed by atoms with E-state index in [-0.39, 0.29) is 0 Å². The minimum Gasteiger partial charge on any atom is -0.493 e. The highest BCUT2D eigenvalue weighted by molar-refractivity contribution is 5.43. The highest BCUT2D eigenvalue weighted by atomic mass is 16.5. The average molecular weight is 267 g/mol. The minimum absolute atomic E-state index is 0.306. The molecule has 0 saturated carbocycles. The van der Waals surface area contributed by atoms with Crippen molar-refractivity contribution >= 4 is 0 Å². The van der Waals surface area contributed by atoms with Crippen molar-refractivity contribution in [3.8, 4) is 11.5 Å². The number of rotatable bonds is 9. The molecule has 0 aliphatic rings. The molecule has 1 unspecified atom stereocenters. The van der Waals surface area contributed by atoms with Crippen LogP contribution in [0.2, 0.25) is 0 Å². The van der Waals surface area contributed by atoms with Crippen LogP contribution in [0.4, 0.5) is 0 Å². The van der Waals surface area contributed by atoms with Crippen molar-refractivity contribution in [3.05, 3.63) is 23.8 Å². The zero-order valence-corrected chi connectivity index (χ0v) is 12.4. The second-order valence-corrected chi connectivity index (χ2v) is 4.29. The topological polar surface area (TPSA) is 39.7 Å². The number of benzene rings is 1. The van der Waals surface area contributed by atoms with Gasteiger partial charge in [-0.15, -0.1) is 0 Å². The van der Waals surface area contributed by atoms with E-state index in [1.54, 1.807) is 14.2 Å². The molecule has 0 aliphatic carbocycles. The monoisotopic (exact) mass is 267 g/mol. The van der Waals surface area contributed by atoms with E-state index in [4.69, 9.17) is 14.2 Å². The maximum Gasteiger partial charge on any atom is 0.161 e. The molecule has 0 saturated heterocycles. The molecule has 19 heavy (non-hydrogen) atoms. The number of hydrogen-bond acceptors (Lipinski definition) is 4. The second-order valence-electron chi connectivity index (χ2n) is 4.29. The Morgan fingerprint density at radius 2 is 1.89 bits per heavy atom. The largest absolute Gasteiger partial charge is 0.493 e. The predicted molar refractivity (Wildman–Crippen MR) is 77.1 cm³/mol. The van der Waals surface area contributed by atoms with Crippen molar-refractivity contribution in [2.75, 3.05) is 34.5 Å². The van der Waals surface area contributed by atoms with Crippen LogP contribution in [0, 0.1) is 0 Å². The van der Waals surface area contributed by atoms with Gasteiger partial charge in [0.15, 0.2) is 11.5 Å². The van der Waals surface area contributed by atoms with E-state index in [1.165, 1.54) is 5.56 Å². The Bertz CT molecular complexity index is 368. The molecule has 1 rings (SSSR count). The zero-order chi connectivity index (χ0) is 14.1. The Morgan fingerprint density at radius 1 is 1.16 bits per heavy atom. The summed E-state index contributed by atoms with van der Waals surface area (Å²) < 4.78 is 16.0. The lowest BCUT2D eigenvalue weighted by Gasteiger charge is -2.18. The molecule has 0 heterocycles. The van der Waals surface area contributed by atoms with E-state index in [0.29, 0.717) is 6.04 Å². The number of hydrogen-bond donors (Lipinski definition) is 1.